The number of para-hydroxylation sites is 1. The standard InChI is InChI=1S/C19H22BrNO3/c1-5-21(16-10-8-7-9-13(16)3)19(22)14-11-15(20)18(23-4)17(12-14)24-6-2/h7-12H,5-6H2,1-4H3. The summed E-state index contributed by atoms with van der Waals surface area (Å²) < 4.78 is 11.7. The van der Waals surface area contributed by atoms with Crippen molar-refractivity contribution < 1.29 is 14.3 Å². The minimum Gasteiger partial charge on any atom is -0.492 e. The third-order valence-electron chi connectivity index (χ3n) is 3.73. The Kier molecular flexibility index (Phi) is 6.26. The molecular formula is C19H22BrNO3. The Morgan fingerprint density at radius 2 is 1.92 bits per heavy atom. The van der Waals surface area contributed by atoms with E-state index >= 15 is 0 Å². The van der Waals surface area contributed by atoms with E-state index in [1.54, 1.807) is 24.1 Å². The molecule has 0 spiro atoms. The number of aryl methyl sites for hydroxylation is 1. The van der Waals surface area contributed by atoms with Gasteiger partial charge in [0.1, 0.15) is 0 Å². The van der Waals surface area contributed by atoms with Crippen LogP contribution >= 0.6 is 15.9 Å². The summed E-state index contributed by atoms with van der Waals surface area (Å²) in [5, 5.41) is 0. The van der Waals surface area contributed by atoms with Crippen LogP contribution in [0.3, 0.4) is 0 Å². The van der Waals surface area contributed by atoms with Gasteiger partial charge in [-0.05, 0) is 60.5 Å². The van der Waals surface area contributed by atoms with Gasteiger partial charge >= 0.3 is 0 Å². The molecule has 4 nitrogen and oxygen atoms in total. The predicted molar refractivity (Wildman–Crippen MR) is 100 cm³/mol. The molecule has 0 heterocycles. The number of nitrogens with zero attached hydrogens (tertiary/aromatic N) is 1. The van der Waals surface area contributed by atoms with Gasteiger partial charge in [0.25, 0.3) is 5.91 Å². The SMILES string of the molecule is CCOc1cc(C(=O)N(CC)c2ccccc2C)cc(Br)c1OC. The zero-order chi connectivity index (χ0) is 17.7. The highest BCUT2D eigenvalue weighted by Crippen LogP contribution is 2.37. The third-order valence-corrected chi connectivity index (χ3v) is 4.32. The Balaban J connectivity index is 2.46. The summed E-state index contributed by atoms with van der Waals surface area (Å²) in [5.74, 6) is 1.07. The van der Waals surface area contributed by atoms with Gasteiger partial charge in [-0.15, -0.1) is 0 Å². The van der Waals surface area contributed by atoms with Crippen molar-refractivity contribution in [2.24, 2.45) is 0 Å². The molecule has 2 rings (SSSR count). The lowest BCUT2D eigenvalue weighted by molar-refractivity contribution is 0.0987. The van der Waals surface area contributed by atoms with E-state index in [9.17, 15) is 4.79 Å². The summed E-state index contributed by atoms with van der Waals surface area (Å²) in [5.41, 5.74) is 2.52. The average Bonchev–Trinajstić information content (AvgIpc) is 2.57. The average molecular weight is 392 g/mol. The maximum Gasteiger partial charge on any atom is 0.258 e. The van der Waals surface area contributed by atoms with E-state index in [0.717, 1.165) is 11.3 Å². The molecule has 0 bridgehead atoms. The first-order chi connectivity index (χ1) is 11.5. The van der Waals surface area contributed by atoms with Crippen LogP contribution in [0.2, 0.25) is 0 Å². The molecule has 0 aliphatic heterocycles. The number of carbonyl (C=O) groups excluding carboxylic acids is 1. The molecule has 5 heteroatoms. The van der Waals surface area contributed by atoms with Gasteiger partial charge in [0, 0.05) is 17.8 Å². The van der Waals surface area contributed by atoms with Crippen molar-refractivity contribution in [1.82, 2.24) is 0 Å². The van der Waals surface area contributed by atoms with Crippen LogP contribution in [0.1, 0.15) is 29.8 Å². The number of carbonyl (C=O) groups is 1. The molecule has 0 aliphatic rings. The maximum absolute atomic E-state index is 13.0. The summed E-state index contributed by atoms with van der Waals surface area (Å²) in [6.45, 7) is 6.94. The molecule has 0 saturated heterocycles. The topological polar surface area (TPSA) is 38.8 Å². The molecule has 0 saturated carbocycles. The van der Waals surface area contributed by atoms with Crippen LogP contribution in [-0.4, -0.2) is 26.2 Å². The van der Waals surface area contributed by atoms with Crippen LogP contribution in [0, 0.1) is 6.92 Å². The van der Waals surface area contributed by atoms with E-state index in [-0.39, 0.29) is 5.91 Å². The largest absolute Gasteiger partial charge is 0.492 e. The van der Waals surface area contributed by atoms with E-state index in [1.807, 2.05) is 45.0 Å². The number of benzene rings is 2. The van der Waals surface area contributed by atoms with Crippen LogP contribution in [0.15, 0.2) is 40.9 Å². The second-order valence-electron chi connectivity index (χ2n) is 5.26. The predicted octanol–water partition coefficient (Wildman–Crippen LogP) is 4.83. The molecular weight excluding hydrogens is 370 g/mol. The van der Waals surface area contributed by atoms with Gasteiger partial charge in [0.15, 0.2) is 11.5 Å². The van der Waals surface area contributed by atoms with E-state index < -0.39 is 0 Å². The minimum atomic E-state index is -0.0730. The van der Waals surface area contributed by atoms with Gasteiger partial charge in [0.2, 0.25) is 0 Å². The summed E-state index contributed by atoms with van der Waals surface area (Å²) in [7, 11) is 1.58. The number of amides is 1. The Morgan fingerprint density at radius 1 is 1.21 bits per heavy atom. The highest BCUT2D eigenvalue weighted by molar-refractivity contribution is 9.10. The van der Waals surface area contributed by atoms with Crippen molar-refractivity contribution in [1.29, 1.82) is 0 Å². The summed E-state index contributed by atoms with van der Waals surface area (Å²) >= 11 is 3.46. The Hall–Kier alpha value is -2.01. The maximum atomic E-state index is 13.0. The summed E-state index contributed by atoms with van der Waals surface area (Å²) in [4.78, 5) is 14.8. The second kappa shape index (κ2) is 8.20. The third kappa shape index (κ3) is 3.73. The van der Waals surface area contributed by atoms with Gasteiger partial charge in [-0.3, -0.25) is 4.79 Å². The molecule has 0 radical (unpaired) electrons. The quantitative estimate of drug-likeness (QED) is 0.707. The lowest BCUT2D eigenvalue weighted by Crippen LogP contribution is -2.31. The number of anilines is 1. The fourth-order valence-corrected chi connectivity index (χ4v) is 3.20. The van der Waals surface area contributed by atoms with Crippen molar-refractivity contribution in [2.75, 3.05) is 25.2 Å². The lowest BCUT2D eigenvalue weighted by Gasteiger charge is -2.23. The summed E-state index contributed by atoms with van der Waals surface area (Å²) in [6.07, 6.45) is 0. The number of hydrogen-bond donors (Lipinski definition) is 0. The van der Waals surface area contributed by atoms with Crippen LogP contribution in [0.4, 0.5) is 5.69 Å². The molecule has 2 aromatic rings. The molecule has 0 unspecified atom stereocenters. The zero-order valence-corrected chi connectivity index (χ0v) is 16.0. The Bertz CT molecular complexity index is 731. The first-order valence-corrected chi connectivity index (χ1v) is 8.70. The number of ether oxygens (including phenoxy) is 2. The highest BCUT2D eigenvalue weighted by Gasteiger charge is 2.21. The van der Waals surface area contributed by atoms with Crippen LogP contribution in [-0.2, 0) is 0 Å². The normalized spacial score (nSPS) is 10.4. The fraction of sp³-hybridized carbons (Fsp3) is 0.316. The van der Waals surface area contributed by atoms with E-state index in [4.69, 9.17) is 9.47 Å². The number of halogens is 1. The molecule has 0 fully saturated rings. The zero-order valence-electron chi connectivity index (χ0n) is 14.4. The molecule has 0 aliphatic carbocycles. The van der Waals surface area contributed by atoms with Crippen LogP contribution in [0.5, 0.6) is 11.5 Å². The molecule has 128 valence electrons. The smallest absolute Gasteiger partial charge is 0.258 e. The van der Waals surface area contributed by atoms with Crippen molar-refractivity contribution >= 4 is 27.5 Å². The van der Waals surface area contributed by atoms with E-state index in [0.29, 0.717) is 34.7 Å². The van der Waals surface area contributed by atoms with Crippen molar-refractivity contribution in [2.45, 2.75) is 20.8 Å². The van der Waals surface area contributed by atoms with Gasteiger partial charge < -0.3 is 14.4 Å². The monoisotopic (exact) mass is 391 g/mol. The molecule has 2 aromatic carbocycles. The first kappa shape index (κ1) is 18.3. The van der Waals surface area contributed by atoms with E-state index in [1.165, 1.54) is 0 Å². The fourth-order valence-electron chi connectivity index (χ4n) is 2.60. The van der Waals surface area contributed by atoms with Crippen molar-refractivity contribution in [3.05, 3.63) is 52.0 Å². The molecule has 24 heavy (non-hydrogen) atoms. The Labute approximate surface area is 151 Å². The number of hydrogen-bond acceptors (Lipinski definition) is 3. The number of rotatable bonds is 6. The minimum absolute atomic E-state index is 0.0730. The molecule has 0 atom stereocenters. The van der Waals surface area contributed by atoms with Crippen molar-refractivity contribution in [3.8, 4) is 11.5 Å². The lowest BCUT2D eigenvalue weighted by atomic mass is 10.1. The molecule has 0 aromatic heterocycles. The van der Waals surface area contributed by atoms with Gasteiger partial charge in [0.05, 0.1) is 18.2 Å². The number of methoxy groups -OCH3 is 1. The van der Waals surface area contributed by atoms with Gasteiger partial charge in [-0.2, -0.15) is 0 Å². The van der Waals surface area contributed by atoms with Crippen molar-refractivity contribution in [3.63, 3.8) is 0 Å². The van der Waals surface area contributed by atoms with Crippen LogP contribution < -0.4 is 14.4 Å². The van der Waals surface area contributed by atoms with E-state index in [2.05, 4.69) is 15.9 Å². The second-order valence-corrected chi connectivity index (χ2v) is 6.11. The highest BCUT2D eigenvalue weighted by atomic mass is 79.9. The van der Waals surface area contributed by atoms with Gasteiger partial charge in [-0.1, -0.05) is 18.2 Å². The molecule has 1 amide bonds. The summed E-state index contributed by atoms with van der Waals surface area (Å²) in [6, 6.07) is 11.4. The Morgan fingerprint density at radius 3 is 2.50 bits per heavy atom. The van der Waals surface area contributed by atoms with Gasteiger partial charge in [-0.25, -0.2) is 0 Å². The molecule has 0 N–H and O–H groups in total. The van der Waals surface area contributed by atoms with Crippen LogP contribution in [0.25, 0.3) is 0 Å². The first-order valence-electron chi connectivity index (χ1n) is 7.91.